The monoisotopic (exact) mass is 402 g/mol. The molecule has 0 aliphatic rings. The Bertz CT molecular complexity index is 949. The molecule has 0 radical (unpaired) electrons. The van der Waals surface area contributed by atoms with Gasteiger partial charge in [-0.1, -0.05) is 19.1 Å². The summed E-state index contributed by atoms with van der Waals surface area (Å²) in [5.41, 5.74) is 1.71. The lowest BCUT2D eigenvalue weighted by Crippen LogP contribution is -2.44. The smallest absolute Gasteiger partial charge is 0.354 e. The Labute approximate surface area is 170 Å². The third kappa shape index (κ3) is 4.09. The first-order valence-electron chi connectivity index (χ1n) is 9.51. The first-order chi connectivity index (χ1) is 13.7. The first kappa shape index (κ1) is 22.3. The van der Waals surface area contributed by atoms with Crippen LogP contribution in [0.5, 0.6) is 0 Å². The second kappa shape index (κ2) is 9.03. The molecule has 1 aromatic carbocycles. The fourth-order valence-electron chi connectivity index (χ4n) is 3.58. The first-order valence-corrected chi connectivity index (χ1v) is 9.51. The SMILES string of the molecule is CCCN(C(=O)c1ccccc1F)[C@@H](C)C(=O)c1c(C)c(C(=O)OC)n(C)c1C. The van der Waals surface area contributed by atoms with Crippen LogP contribution in [0.3, 0.4) is 0 Å². The molecule has 1 heterocycles. The van der Waals surface area contributed by atoms with Gasteiger partial charge in [-0.2, -0.15) is 0 Å². The van der Waals surface area contributed by atoms with Crippen molar-refractivity contribution < 1.29 is 23.5 Å². The van der Waals surface area contributed by atoms with Crippen molar-refractivity contribution in [2.75, 3.05) is 13.7 Å². The summed E-state index contributed by atoms with van der Waals surface area (Å²) < 4.78 is 20.6. The van der Waals surface area contributed by atoms with Gasteiger partial charge in [0.1, 0.15) is 11.5 Å². The van der Waals surface area contributed by atoms with Gasteiger partial charge in [-0.3, -0.25) is 9.59 Å². The molecule has 0 N–H and O–H groups in total. The van der Waals surface area contributed by atoms with E-state index in [1.165, 1.54) is 30.2 Å². The van der Waals surface area contributed by atoms with Crippen molar-refractivity contribution in [2.45, 2.75) is 40.2 Å². The molecule has 2 rings (SSSR count). The number of carbonyl (C=O) groups excluding carboxylic acids is 3. The van der Waals surface area contributed by atoms with Crippen molar-refractivity contribution in [1.29, 1.82) is 0 Å². The zero-order valence-electron chi connectivity index (χ0n) is 17.7. The van der Waals surface area contributed by atoms with Crippen molar-refractivity contribution in [3.63, 3.8) is 0 Å². The lowest BCUT2D eigenvalue weighted by Gasteiger charge is -2.28. The predicted molar refractivity (Wildman–Crippen MR) is 108 cm³/mol. The maximum absolute atomic E-state index is 14.2. The Morgan fingerprint density at radius 2 is 1.83 bits per heavy atom. The Morgan fingerprint density at radius 3 is 2.38 bits per heavy atom. The Balaban J connectivity index is 2.47. The van der Waals surface area contributed by atoms with Crippen LogP contribution >= 0.6 is 0 Å². The molecular formula is C22H27FN2O4. The van der Waals surface area contributed by atoms with Gasteiger partial charge in [0.25, 0.3) is 5.91 Å². The summed E-state index contributed by atoms with van der Waals surface area (Å²) >= 11 is 0. The summed E-state index contributed by atoms with van der Waals surface area (Å²) in [6.45, 7) is 7.23. The van der Waals surface area contributed by atoms with Gasteiger partial charge in [0, 0.05) is 24.8 Å². The fraction of sp³-hybridized carbons (Fsp3) is 0.409. The molecule has 6 nitrogen and oxygen atoms in total. The van der Waals surface area contributed by atoms with E-state index in [4.69, 9.17) is 4.74 Å². The van der Waals surface area contributed by atoms with E-state index < -0.39 is 23.7 Å². The molecule has 0 fully saturated rings. The summed E-state index contributed by atoms with van der Waals surface area (Å²) in [7, 11) is 2.97. The van der Waals surface area contributed by atoms with Crippen LogP contribution in [0.15, 0.2) is 24.3 Å². The van der Waals surface area contributed by atoms with Crippen molar-refractivity contribution in [2.24, 2.45) is 7.05 Å². The summed E-state index contributed by atoms with van der Waals surface area (Å²) in [6.07, 6.45) is 0.609. The van der Waals surface area contributed by atoms with E-state index in [1.807, 2.05) is 6.92 Å². The van der Waals surface area contributed by atoms with Gasteiger partial charge in [-0.15, -0.1) is 0 Å². The van der Waals surface area contributed by atoms with Gasteiger partial charge in [-0.05, 0) is 44.9 Å². The van der Waals surface area contributed by atoms with E-state index in [0.29, 0.717) is 35.5 Å². The van der Waals surface area contributed by atoms with Crippen LogP contribution in [0.25, 0.3) is 0 Å². The van der Waals surface area contributed by atoms with Crippen molar-refractivity contribution in [3.8, 4) is 0 Å². The van der Waals surface area contributed by atoms with E-state index in [1.54, 1.807) is 38.5 Å². The molecule has 1 atom stereocenters. The highest BCUT2D eigenvalue weighted by Gasteiger charge is 2.33. The molecule has 0 unspecified atom stereocenters. The molecule has 0 bridgehead atoms. The summed E-state index contributed by atoms with van der Waals surface area (Å²) in [6, 6.07) is 4.90. The number of amides is 1. The third-order valence-electron chi connectivity index (χ3n) is 5.23. The number of halogens is 1. The van der Waals surface area contributed by atoms with Gasteiger partial charge < -0.3 is 14.2 Å². The maximum atomic E-state index is 14.2. The van der Waals surface area contributed by atoms with Crippen LogP contribution in [-0.4, -0.2) is 46.8 Å². The quantitative estimate of drug-likeness (QED) is 0.523. The maximum Gasteiger partial charge on any atom is 0.354 e. The van der Waals surface area contributed by atoms with Gasteiger partial charge in [0.2, 0.25) is 0 Å². The second-order valence-corrected chi connectivity index (χ2v) is 7.00. The van der Waals surface area contributed by atoms with Gasteiger partial charge in [0.05, 0.1) is 18.7 Å². The van der Waals surface area contributed by atoms with Gasteiger partial charge in [-0.25, -0.2) is 9.18 Å². The highest BCUT2D eigenvalue weighted by Crippen LogP contribution is 2.25. The number of ketones is 1. The topological polar surface area (TPSA) is 68.6 Å². The fourth-order valence-corrected chi connectivity index (χ4v) is 3.58. The van der Waals surface area contributed by atoms with Gasteiger partial charge >= 0.3 is 5.97 Å². The molecule has 0 saturated heterocycles. The molecule has 0 saturated carbocycles. The molecule has 1 aromatic heterocycles. The lowest BCUT2D eigenvalue weighted by atomic mass is 9.99. The standard InChI is InChI=1S/C22H27FN2O4/c1-7-12-25(21(27)16-10-8-9-11-17(16)23)15(4)20(26)18-13(2)19(22(28)29-6)24(5)14(18)3/h8-11,15H,7,12H2,1-6H3/t15-/m0/s1. The number of hydrogen-bond acceptors (Lipinski definition) is 4. The average Bonchev–Trinajstić information content (AvgIpc) is 2.93. The van der Waals surface area contributed by atoms with Crippen LogP contribution in [0.2, 0.25) is 0 Å². The van der Waals surface area contributed by atoms with E-state index in [2.05, 4.69) is 0 Å². The number of benzene rings is 1. The zero-order chi connectivity index (χ0) is 21.9. The lowest BCUT2D eigenvalue weighted by molar-refractivity contribution is 0.0587. The Kier molecular flexibility index (Phi) is 6.95. The van der Waals surface area contributed by atoms with E-state index in [0.717, 1.165) is 0 Å². The summed E-state index contributed by atoms with van der Waals surface area (Å²) in [5, 5.41) is 0. The number of rotatable bonds is 7. The largest absolute Gasteiger partial charge is 0.464 e. The zero-order valence-corrected chi connectivity index (χ0v) is 17.7. The minimum Gasteiger partial charge on any atom is -0.464 e. The number of nitrogens with zero attached hydrogens (tertiary/aromatic N) is 2. The molecule has 2 aromatic rings. The van der Waals surface area contributed by atoms with Crippen LogP contribution < -0.4 is 0 Å². The number of ether oxygens (including phenoxy) is 1. The number of aromatic nitrogens is 1. The second-order valence-electron chi connectivity index (χ2n) is 7.00. The van der Waals surface area contributed by atoms with E-state index in [-0.39, 0.29) is 11.3 Å². The van der Waals surface area contributed by atoms with Crippen molar-refractivity contribution >= 4 is 17.7 Å². The number of esters is 1. The van der Waals surface area contributed by atoms with Gasteiger partial charge in [0.15, 0.2) is 5.78 Å². The highest BCUT2D eigenvalue weighted by molar-refractivity contribution is 6.07. The molecule has 1 amide bonds. The van der Waals surface area contributed by atoms with Crippen molar-refractivity contribution in [1.82, 2.24) is 9.47 Å². The van der Waals surface area contributed by atoms with Crippen molar-refractivity contribution in [3.05, 3.63) is 58.2 Å². The van der Waals surface area contributed by atoms with Crippen LogP contribution in [0.1, 0.15) is 62.7 Å². The Hall–Kier alpha value is -2.96. The minimum absolute atomic E-state index is 0.0719. The third-order valence-corrected chi connectivity index (χ3v) is 5.23. The molecular weight excluding hydrogens is 375 g/mol. The predicted octanol–water partition coefficient (Wildman–Crippen LogP) is 3.69. The molecule has 0 aliphatic carbocycles. The molecule has 156 valence electrons. The van der Waals surface area contributed by atoms with Crippen LogP contribution in [0.4, 0.5) is 4.39 Å². The number of methoxy groups -OCH3 is 1. The average molecular weight is 402 g/mol. The number of hydrogen-bond donors (Lipinski definition) is 0. The molecule has 7 heteroatoms. The molecule has 0 spiro atoms. The molecule has 0 aliphatic heterocycles. The summed E-state index contributed by atoms with van der Waals surface area (Å²) in [4.78, 5) is 39.8. The van der Waals surface area contributed by atoms with E-state index >= 15 is 0 Å². The van der Waals surface area contributed by atoms with Crippen LogP contribution in [0, 0.1) is 19.7 Å². The summed E-state index contributed by atoms with van der Waals surface area (Å²) in [5.74, 6) is -2.00. The number of Topliss-reactive ketones (excluding diaryl/α,β-unsaturated/α-hetero) is 1. The molecule has 29 heavy (non-hydrogen) atoms. The number of carbonyl (C=O) groups is 3. The Morgan fingerprint density at radius 1 is 1.21 bits per heavy atom. The van der Waals surface area contributed by atoms with E-state index in [9.17, 15) is 18.8 Å². The normalized spacial score (nSPS) is 11.8. The van der Waals surface area contributed by atoms with Crippen LogP contribution in [-0.2, 0) is 11.8 Å². The highest BCUT2D eigenvalue weighted by atomic mass is 19.1. The minimum atomic E-state index is -0.827.